The van der Waals surface area contributed by atoms with Crippen LogP contribution in [0.25, 0.3) is 16.8 Å². The highest BCUT2D eigenvalue weighted by Crippen LogP contribution is 2.21. The second kappa shape index (κ2) is 5.83. The average molecular weight is 252 g/mol. The number of hydrogen-bond donors (Lipinski definition) is 0. The van der Waals surface area contributed by atoms with Crippen molar-refractivity contribution in [1.82, 2.24) is 0 Å². The zero-order chi connectivity index (χ0) is 13.8. The van der Waals surface area contributed by atoms with Gasteiger partial charge in [0.15, 0.2) is 0 Å². The van der Waals surface area contributed by atoms with Crippen LogP contribution in [0.4, 0.5) is 0 Å². The van der Waals surface area contributed by atoms with Crippen molar-refractivity contribution < 1.29 is 4.79 Å². The number of hydrogen-bond acceptors (Lipinski definition) is 1. The molecule has 98 valence electrons. The largest absolute Gasteiger partial charge is 0.299 e. The lowest BCUT2D eigenvalue weighted by Crippen LogP contribution is -2.06. The van der Waals surface area contributed by atoms with E-state index in [1.807, 2.05) is 32.9 Å². The number of benzene rings is 2. The van der Waals surface area contributed by atoms with Crippen LogP contribution in [0.3, 0.4) is 0 Å². The van der Waals surface area contributed by atoms with Crippen molar-refractivity contribution in [2.24, 2.45) is 5.92 Å². The van der Waals surface area contributed by atoms with Crippen LogP contribution < -0.4 is 0 Å². The monoisotopic (exact) mass is 252 g/mol. The molecule has 0 unspecified atom stereocenters. The second-order valence-corrected chi connectivity index (χ2v) is 5.36. The Hall–Kier alpha value is -1.89. The summed E-state index contributed by atoms with van der Waals surface area (Å²) in [6.07, 6.45) is 2.67. The van der Waals surface area contributed by atoms with Gasteiger partial charge in [-0.2, -0.15) is 0 Å². The Kier molecular flexibility index (Phi) is 4.16. The quantitative estimate of drug-likeness (QED) is 0.759. The van der Waals surface area contributed by atoms with E-state index >= 15 is 0 Å². The molecule has 0 aliphatic rings. The molecule has 0 saturated carbocycles. The van der Waals surface area contributed by atoms with Crippen LogP contribution in [0.5, 0.6) is 0 Å². The minimum Gasteiger partial charge on any atom is -0.299 e. The van der Waals surface area contributed by atoms with Crippen LogP contribution in [0.2, 0.25) is 0 Å². The standard InChI is InChI=1S/C18H20O/c1-13(2)18(19)12-14(3)11-16-9-6-8-15-7-4-5-10-17(15)16/h4-11,13H,12H2,1-3H3/b14-11+. The first-order chi connectivity index (χ1) is 9.08. The fourth-order valence-electron chi connectivity index (χ4n) is 2.17. The molecule has 0 saturated heterocycles. The lowest BCUT2D eigenvalue weighted by Gasteiger charge is -2.06. The molecule has 0 aromatic heterocycles. The lowest BCUT2D eigenvalue weighted by molar-refractivity contribution is -0.121. The first kappa shape index (κ1) is 13.5. The van der Waals surface area contributed by atoms with Crippen LogP contribution in [0.1, 0.15) is 32.8 Å². The molecule has 0 heterocycles. The number of Topliss-reactive ketones (excluding diaryl/α,β-unsaturated/α-hetero) is 1. The smallest absolute Gasteiger partial charge is 0.139 e. The van der Waals surface area contributed by atoms with E-state index in [0.29, 0.717) is 12.2 Å². The van der Waals surface area contributed by atoms with Crippen molar-refractivity contribution in [3.8, 4) is 0 Å². The molecule has 1 nitrogen and oxygen atoms in total. The van der Waals surface area contributed by atoms with Gasteiger partial charge < -0.3 is 0 Å². The zero-order valence-corrected chi connectivity index (χ0v) is 11.8. The molecular formula is C18H20O. The molecule has 0 amide bonds. The normalized spacial score (nSPS) is 12.1. The van der Waals surface area contributed by atoms with Crippen molar-refractivity contribution in [3.63, 3.8) is 0 Å². The maximum absolute atomic E-state index is 11.8. The molecule has 0 aliphatic carbocycles. The van der Waals surface area contributed by atoms with Gasteiger partial charge in [-0.15, -0.1) is 0 Å². The van der Waals surface area contributed by atoms with E-state index < -0.39 is 0 Å². The van der Waals surface area contributed by atoms with Crippen molar-refractivity contribution in [3.05, 3.63) is 53.6 Å². The first-order valence-electron chi connectivity index (χ1n) is 6.75. The highest BCUT2D eigenvalue weighted by atomic mass is 16.1. The Morgan fingerprint density at radius 1 is 1.11 bits per heavy atom. The van der Waals surface area contributed by atoms with Gasteiger partial charge in [0.05, 0.1) is 0 Å². The molecule has 0 aliphatic heterocycles. The van der Waals surface area contributed by atoms with Gasteiger partial charge in [-0.1, -0.05) is 68.0 Å². The predicted octanol–water partition coefficient (Wildman–Crippen LogP) is 4.86. The molecule has 1 heteroatoms. The van der Waals surface area contributed by atoms with Crippen molar-refractivity contribution in [1.29, 1.82) is 0 Å². The van der Waals surface area contributed by atoms with E-state index in [1.165, 1.54) is 16.3 Å². The van der Waals surface area contributed by atoms with Crippen LogP contribution in [0.15, 0.2) is 48.0 Å². The van der Waals surface area contributed by atoms with Gasteiger partial charge in [-0.3, -0.25) is 4.79 Å². The van der Waals surface area contributed by atoms with Crippen LogP contribution in [-0.4, -0.2) is 5.78 Å². The van der Waals surface area contributed by atoms with E-state index in [-0.39, 0.29) is 5.92 Å². The second-order valence-electron chi connectivity index (χ2n) is 5.36. The molecular weight excluding hydrogens is 232 g/mol. The molecule has 0 fully saturated rings. The Morgan fingerprint density at radius 2 is 1.79 bits per heavy atom. The summed E-state index contributed by atoms with van der Waals surface area (Å²) >= 11 is 0. The summed E-state index contributed by atoms with van der Waals surface area (Å²) < 4.78 is 0. The van der Waals surface area contributed by atoms with Crippen molar-refractivity contribution in [2.75, 3.05) is 0 Å². The minimum absolute atomic E-state index is 0.107. The predicted molar refractivity (Wildman–Crippen MR) is 82.1 cm³/mol. The summed E-state index contributed by atoms with van der Waals surface area (Å²) in [6.45, 7) is 5.93. The zero-order valence-electron chi connectivity index (χ0n) is 11.8. The van der Waals surface area contributed by atoms with Gasteiger partial charge >= 0.3 is 0 Å². The minimum atomic E-state index is 0.107. The van der Waals surface area contributed by atoms with E-state index in [9.17, 15) is 4.79 Å². The van der Waals surface area contributed by atoms with Crippen molar-refractivity contribution in [2.45, 2.75) is 27.2 Å². The maximum atomic E-state index is 11.8. The molecule has 0 radical (unpaired) electrons. The van der Waals surface area contributed by atoms with Gasteiger partial charge in [-0.05, 0) is 23.3 Å². The van der Waals surface area contributed by atoms with Crippen LogP contribution in [0, 0.1) is 5.92 Å². The molecule has 2 rings (SSSR count). The van der Waals surface area contributed by atoms with Gasteiger partial charge in [0.1, 0.15) is 5.78 Å². The van der Waals surface area contributed by atoms with Crippen LogP contribution in [-0.2, 0) is 4.79 Å². The number of carbonyl (C=O) groups excluding carboxylic acids is 1. The summed E-state index contributed by atoms with van der Waals surface area (Å²) in [6, 6.07) is 14.6. The van der Waals surface area contributed by atoms with E-state index in [1.54, 1.807) is 0 Å². The SMILES string of the molecule is C/C(=C\c1cccc2ccccc12)CC(=O)C(C)C. The van der Waals surface area contributed by atoms with Gasteiger partial charge in [0.25, 0.3) is 0 Å². The molecule has 2 aromatic carbocycles. The summed E-state index contributed by atoms with van der Waals surface area (Å²) in [7, 11) is 0. The Labute approximate surface area is 115 Å². The summed E-state index contributed by atoms with van der Waals surface area (Å²) in [5, 5.41) is 2.47. The molecule has 2 aromatic rings. The highest BCUT2D eigenvalue weighted by Gasteiger charge is 2.08. The molecule has 0 atom stereocenters. The maximum Gasteiger partial charge on any atom is 0.139 e. The summed E-state index contributed by atoms with van der Waals surface area (Å²) in [5.74, 6) is 0.407. The fraction of sp³-hybridized carbons (Fsp3) is 0.278. The molecule has 0 bridgehead atoms. The Morgan fingerprint density at radius 3 is 2.53 bits per heavy atom. The van der Waals surface area contributed by atoms with E-state index in [2.05, 4.69) is 36.4 Å². The Balaban J connectivity index is 2.32. The van der Waals surface area contributed by atoms with Gasteiger partial charge in [-0.25, -0.2) is 0 Å². The van der Waals surface area contributed by atoms with Crippen molar-refractivity contribution >= 4 is 22.6 Å². The topological polar surface area (TPSA) is 17.1 Å². The van der Waals surface area contributed by atoms with Gasteiger partial charge in [0, 0.05) is 12.3 Å². The number of allylic oxidation sites excluding steroid dienone is 1. The van der Waals surface area contributed by atoms with Crippen LogP contribution >= 0.6 is 0 Å². The van der Waals surface area contributed by atoms with E-state index in [0.717, 1.165) is 5.57 Å². The summed E-state index contributed by atoms with van der Waals surface area (Å²) in [5.41, 5.74) is 2.31. The third-order valence-electron chi connectivity index (χ3n) is 3.32. The fourth-order valence-corrected chi connectivity index (χ4v) is 2.17. The molecule has 19 heavy (non-hydrogen) atoms. The summed E-state index contributed by atoms with van der Waals surface area (Å²) in [4.78, 5) is 11.8. The van der Waals surface area contributed by atoms with Gasteiger partial charge in [0.2, 0.25) is 0 Å². The number of carbonyl (C=O) groups is 1. The number of fused-ring (bicyclic) bond motifs is 1. The Bertz CT molecular complexity index is 615. The van der Waals surface area contributed by atoms with E-state index in [4.69, 9.17) is 0 Å². The number of rotatable bonds is 4. The number of ketones is 1. The first-order valence-corrected chi connectivity index (χ1v) is 6.75. The third kappa shape index (κ3) is 3.31. The average Bonchev–Trinajstić information content (AvgIpc) is 2.39. The lowest BCUT2D eigenvalue weighted by atomic mass is 9.98. The highest BCUT2D eigenvalue weighted by molar-refractivity contribution is 5.91. The third-order valence-corrected chi connectivity index (χ3v) is 3.32. The molecule has 0 spiro atoms. The molecule has 0 N–H and O–H groups in total.